The van der Waals surface area contributed by atoms with Gasteiger partial charge < -0.3 is 4.74 Å². The second kappa shape index (κ2) is 15.5. The Morgan fingerprint density at radius 3 is 2.00 bits per heavy atom. The largest absolute Gasteiger partial charge is 0.342 e. The highest BCUT2D eigenvalue weighted by Crippen LogP contribution is 2.13. The molecule has 29 heavy (non-hydrogen) atoms. The zero-order chi connectivity index (χ0) is 20.6. The van der Waals surface area contributed by atoms with Gasteiger partial charge in [0.1, 0.15) is 0 Å². The predicted molar refractivity (Wildman–Crippen MR) is 124 cm³/mol. The standard InChI is InChI=1S/C26H45N2O/c1-3-5-7-9-10-11-12-13-14-18-22-29-24-28-23-27(21-17-8-6-4-2)25-19-15-16-20-26(25)28/h15-16,19-20,23H,3-14,17-18,21-22,24H2,1-2H3/q+1. The van der Waals surface area contributed by atoms with Crippen molar-refractivity contribution in [1.29, 1.82) is 0 Å². The maximum Gasteiger partial charge on any atom is 0.246 e. The summed E-state index contributed by atoms with van der Waals surface area (Å²) < 4.78 is 10.7. The molecule has 0 spiro atoms. The molecule has 0 amide bonds. The Balaban J connectivity index is 1.61. The Morgan fingerprint density at radius 1 is 0.724 bits per heavy atom. The number of hydrogen-bond acceptors (Lipinski definition) is 1. The van der Waals surface area contributed by atoms with Crippen LogP contribution in [0.1, 0.15) is 104 Å². The van der Waals surface area contributed by atoms with Gasteiger partial charge in [-0.15, -0.1) is 0 Å². The first-order chi connectivity index (χ1) is 14.4. The number of benzene rings is 1. The van der Waals surface area contributed by atoms with Crippen molar-refractivity contribution < 1.29 is 9.30 Å². The number of hydrogen-bond donors (Lipinski definition) is 0. The fourth-order valence-electron chi connectivity index (χ4n) is 4.09. The second-order valence-electron chi connectivity index (χ2n) is 8.55. The minimum atomic E-state index is 0.667. The molecule has 0 aliphatic rings. The van der Waals surface area contributed by atoms with Crippen LogP contribution in [0.5, 0.6) is 0 Å². The van der Waals surface area contributed by atoms with Gasteiger partial charge in [-0.05, 0) is 31.4 Å². The number of unbranched alkanes of at least 4 members (excludes halogenated alkanes) is 12. The van der Waals surface area contributed by atoms with Crippen molar-refractivity contribution >= 4 is 11.0 Å². The van der Waals surface area contributed by atoms with Crippen molar-refractivity contribution in [2.75, 3.05) is 6.61 Å². The van der Waals surface area contributed by atoms with Gasteiger partial charge in [-0.25, -0.2) is 9.13 Å². The molecular weight excluding hydrogens is 356 g/mol. The summed E-state index contributed by atoms with van der Waals surface area (Å²) in [5.41, 5.74) is 2.61. The van der Waals surface area contributed by atoms with Crippen LogP contribution in [0.15, 0.2) is 30.6 Å². The molecule has 0 fully saturated rings. The molecular formula is C26H45N2O+. The highest BCUT2D eigenvalue weighted by molar-refractivity contribution is 5.71. The molecule has 3 heteroatoms. The van der Waals surface area contributed by atoms with E-state index in [2.05, 4.69) is 53.6 Å². The van der Waals surface area contributed by atoms with E-state index in [1.165, 1.54) is 101 Å². The molecule has 0 saturated carbocycles. The molecule has 1 heterocycles. The zero-order valence-corrected chi connectivity index (χ0v) is 19.2. The normalized spacial score (nSPS) is 11.5. The molecule has 164 valence electrons. The van der Waals surface area contributed by atoms with Crippen LogP contribution in [0.2, 0.25) is 0 Å². The minimum absolute atomic E-state index is 0.667. The maximum absolute atomic E-state index is 6.01. The third-order valence-electron chi connectivity index (χ3n) is 5.90. The lowest BCUT2D eigenvalue weighted by atomic mass is 10.1. The maximum atomic E-state index is 6.01. The van der Waals surface area contributed by atoms with Crippen molar-refractivity contribution in [1.82, 2.24) is 4.57 Å². The van der Waals surface area contributed by atoms with E-state index in [-0.39, 0.29) is 0 Å². The number of nitrogens with zero attached hydrogens (tertiary/aromatic N) is 2. The predicted octanol–water partition coefficient (Wildman–Crippen LogP) is 7.40. The Hall–Kier alpha value is -1.35. The number of imidazole rings is 1. The molecule has 3 nitrogen and oxygen atoms in total. The molecule has 0 bridgehead atoms. The number of fused-ring (bicyclic) bond motifs is 1. The average Bonchev–Trinajstić information content (AvgIpc) is 3.10. The average molecular weight is 402 g/mol. The van der Waals surface area contributed by atoms with Crippen LogP contribution < -0.4 is 4.57 Å². The molecule has 0 saturated heterocycles. The summed E-state index contributed by atoms with van der Waals surface area (Å²) in [7, 11) is 0. The molecule has 0 radical (unpaired) electrons. The summed E-state index contributed by atoms with van der Waals surface area (Å²) in [5.74, 6) is 0. The van der Waals surface area contributed by atoms with Gasteiger partial charge >= 0.3 is 0 Å². The van der Waals surface area contributed by atoms with Crippen molar-refractivity contribution in [2.45, 2.75) is 117 Å². The number of ether oxygens (including phenoxy) is 1. The van der Waals surface area contributed by atoms with Crippen LogP contribution in [0.25, 0.3) is 11.0 Å². The van der Waals surface area contributed by atoms with Gasteiger partial charge in [0.25, 0.3) is 0 Å². The minimum Gasteiger partial charge on any atom is -0.342 e. The fraction of sp³-hybridized carbons (Fsp3) is 0.731. The number of aryl methyl sites for hydroxylation is 1. The first kappa shape index (κ1) is 23.9. The quantitative estimate of drug-likeness (QED) is 0.188. The van der Waals surface area contributed by atoms with Gasteiger partial charge in [-0.1, -0.05) is 96.6 Å². The van der Waals surface area contributed by atoms with Gasteiger partial charge in [-0.3, -0.25) is 0 Å². The summed E-state index contributed by atoms with van der Waals surface area (Å²) in [6, 6.07) is 8.71. The number of rotatable bonds is 18. The number of aromatic nitrogens is 2. The number of para-hydroxylation sites is 2. The van der Waals surface area contributed by atoms with Crippen LogP contribution in [0.4, 0.5) is 0 Å². The van der Waals surface area contributed by atoms with Crippen LogP contribution >= 0.6 is 0 Å². The third kappa shape index (κ3) is 9.33. The van der Waals surface area contributed by atoms with E-state index in [0.717, 1.165) is 13.2 Å². The summed E-state index contributed by atoms with van der Waals surface area (Å²) in [6.45, 7) is 7.20. The van der Waals surface area contributed by atoms with Gasteiger partial charge in [0, 0.05) is 0 Å². The van der Waals surface area contributed by atoms with Gasteiger partial charge in [0.15, 0.2) is 17.8 Å². The summed E-state index contributed by atoms with van der Waals surface area (Å²) in [6.07, 6.45) is 21.1. The van der Waals surface area contributed by atoms with E-state index >= 15 is 0 Å². The Morgan fingerprint density at radius 2 is 1.31 bits per heavy atom. The monoisotopic (exact) mass is 401 g/mol. The second-order valence-corrected chi connectivity index (χ2v) is 8.55. The van der Waals surface area contributed by atoms with Crippen molar-refractivity contribution in [3.05, 3.63) is 30.6 Å². The Bertz CT molecular complexity index is 649. The molecule has 2 rings (SSSR count). The van der Waals surface area contributed by atoms with Crippen molar-refractivity contribution in [2.24, 2.45) is 0 Å². The van der Waals surface area contributed by atoms with E-state index in [1.807, 2.05) is 0 Å². The lowest BCUT2D eigenvalue weighted by molar-refractivity contribution is -0.710. The SMILES string of the molecule is CCCCCCCCCCCCOC[n+]1cn(CCCCCC)c2ccccc21. The van der Waals surface area contributed by atoms with E-state index < -0.39 is 0 Å². The van der Waals surface area contributed by atoms with Crippen molar-refractivity contribution in [3.63, 3.8) is 0 Å². The lowest BCUT2D eigenvalue weighted by Crippen LogP contribution is -2.34. The van der Waals surface area contributed by atoms with E-state index in [9.17, 15) is 0 Å². The van der Waals surface area contributed by atoms with Crippen LogP contribution in [0.3, 0.4) is 0 Å². The van der Waals surface area contributed by atoms with Gasteiger partial charge in [0.05, 0.1) is 13.2 Å². The smallest absolute Gasteiger partial charge is 0.246 e. The van der Waals surface area contributed by atoms with E-state index in [1.54, 1.807) is 0 Å². The highest BCUT2D eigenvalue weighted by Gasteiger charge is 2.14. The Labute approximate surface area is 179 Å². The van der Waals surface area contributed by atoms with Crippen LogP contribution in [0, 0.1) is 0 Å². The molecule has 0 unspecified atom stereocenters. The topological polar surface area (TPSA) is 18.0 Å². The fourth-order valence-corrected chi connectivity index (χ4v) is 4.09. The van der Waals surface area contributed by atoms with E-state index in [4.69, 9.17) is 4.74 Å². The molecule has 2 aromatic rings. The lowest BCUT2D eigenvalue weighted by Gasteiger charge is -2.03. The summed E-state index contributed by atoms with van der Waals surface area (Å²) in [5, 5.41) is 0. The van der Waals surface area contributed by atoms with Crippen molar-refractivity contribution in [3.8, 4) is 0 Å². The van der Waals surface area contributed by atoms with E-state index in [0.29, 0.717) is 6.73 Å². The first-order valence-electron chi connectivity index (χ1n) is 12.4. The molecule has 0 N–H and O–H groups in total. The molecule has 0 aliphatic carbocycles. The molecule has 0 aliphatic heterocycles. The summed E-state index contributed by atoms with van der Waals surface area (Å²) >= 11 is 0. The van der Waals surface area contributed by atoms with Gasteiger partial charge in [-0.2, -0.15) is 0 Å². The van der Waals surface area contributed by atoms with Crippen LogP contribution in [-0.4, -0.2) is 11.2 Å². The Kier molecular flexibility index (Phi) is 12.8. The highest BCUT2D eigenvalue weighted by atomic mass is 16.5. The van der Waals surface area contributed by atoms with Gasteiger partial charge in [0.2, 0.25) is 6.33 Å². The molecule has 1 aromatic heterocycles. The summed E-state index contributed by atoms with van der Waals surface area (Å²) in [4.78, 5) is 0. The third-order valence-corrected chi connectivity index (χ3v) is 5.90. The molecule has 1 aromatic carbocycles. The molecule has 0 atom stereocenters. The van der Waals surface area contributed by atoms with Crippen LogP contribution in [-0.2, 0) is 18.0 Å². The zero-order valence-electron chi connectivity index (χ0n) is 19.2. The first-order valence-corrected chi connectivity index (χ1v) is 12.4.